The molecule has 0 aromatic carbocycles. The fraction of sp³-hybridized carbons (Fsp3) is 0.391. The lowest BCUT2D eigenvalue weighted by Gasteiger charge is -2.28. The summed E-state index contributed by atoms with van der Waals surface area (Å²) in [6.45, 7) is 5.82. The summed E-state index contributed by atoms with van der Waals surface area (Å²) in [7, 11) is -3.68. The van der Waals surface area contributed by atoms with Crippen LogP contribution in [0, 0.1) is 0 Å². The number of amides is 1. The number of hydrogen-bond donors (Lipinski definition) is 3. The van der Waals surface area contributed by atoms with Gasteiger partial charge in [0.2, 0.25) is 10.0 Å². The quantitative estimate of drug-likeness (QED) is 0.467. The van der Waals surface area contributed by atoms with Crippen molar-refractivity contribution >= 4 is 44.1 Å². The lowest BCUT2D eigenvalue weighted by atomic mass is 10.0. The third-order valence-electron chi connectivity index (χ3n) is 5.18. The molecule has 1 aliphatic rings. The highest BCUT2D eigenvalue weighted by atomic mass is 32.2. The third kappa shape index (κ3) is 5.33. The molecule has 4 rings (SSSR count). The SMILES string of the molecule is CC(C)(C)OC(=O)N1C=C(c2cc3c(-c4ccc(S(=O)(=O)NCCO)s4)ccnc3[nH]2)CCC1. The lowest BCUT2D eigenvalue weighted by molar-refractivity contribution is 0.0329. The van der Waals surface area contributed by atoms with Crippen molar-refractivity contribution in [2.75, 3.05) is 19.7 Å². The number of nitrogens with one attached hydrogen (secondary N) is 2. The van der Waals surface area contributed by atoms with Crippen molar-refractivity contribution in [2.24, 2.45) is 0 Å². The van der Waals surface area contributed by atoms with Gasteiger partial charge in [0, 0.05) is 47.0 Å². The predicted molar refractivity (Wildman–Crippen MR) is 132 cm³/mol. The van der Waals surface area contributed by atoms with E-state index in [4.69, 9.17) is 9.84 Å². The van der Waals surface area contributed by atoms with Crippen LogP contribution in [0.4, 0.5) is 4.79 Å². The third-order valence-corrected chi connectivity index (χ3v) is 8.25. The first kappa shape index (κ1) is 24.4. The van der Waals surface area contributed by atoms with Crippen molar-refractivity contribution in [3.05, 3.63) is 42.4 Å². The molecule has 0 unspecified atom stereocenters. The fourth-order valence-electron chi connectivity index (χ4n) is 3.70. The van der Waals surface area contributed by atoms with E-state index in [2.05, 4.69) is 14.7 Å². The van der Waals surface area contributed by atoms with Gasteiger partial charge in [-0.25, -0.2) is 22.9 Å². The Labute approximate surface area is 202 Å². The summed E-state index contributed by atoms with van der Waals surface area (Å²) in [6, 6.07) is 7.16. The number of aromatic nitrogens is 2. The number of carbonyl (C=O) groups is 1. The summed E-state index contributed by atoms with van der Waals surface area (Å²) in [5, 5.41) is 9.78. The molecule has 0 saturated carbocycles. The molecule has 0 spiro atoms. The van der Waals surface area contributed by atoms with Crippen molar-refractivity contribution in [3.63, 3.8) is 0 Å². The molecule has 0 aliphatic carbocycles. The minimum atomic E-state index is -3.68. The number of aromatic amines is 1. The molecular weight excluding hydrogens is 476 g/mol. The number of allylic oxidation sites excluding steroid dienone is 1. The fourth-order valence-corrected chi connectivity index (χ4v) is 6.11. The Balaban J connectivity index is 1.65. The van der Waals surface area contributed by atoms with Crippen LogP contribution in [0.25, 0.3) is 27.0 Å². The van der Waals surface area contributed by atoms with Crippen molar-refractivity contribution in [1.82, 2.24) is 19.6 Å². The molecule has 3 aromatic rings. The van der Waals surface area contributed by atoms with E-state index in [9.17, 15) is 13.2 Å². The molecule has 0 saturated heterocycles. The van der Waals surface area contributed by atoms with Gasteiger partial charge in [-0.15, -0.1) is 11.3 Å². The number of ether oxygens (including phenoxy) is 1. The highest BCUT2D eigenvalue weighted by Crippen LogP contribution is 2.36. The Kier molecular flexibility index (Phi) is 6.81. The Morgan fingerprint density at radius 3 is 2.85 bits per heavy atom. The second-order valence-corrected chi connectivity index (χ2v) is 12.1. The summed E-state index contributed by atoms with van der Waals surface area (Å²) in [5.74, 6) is 0. The van der Waals surface area contributed by atoms with Crippen molar-refractivity contribution < 1.29 is 23.1 Å². The summed E-state index contributed by atoms with van der Waals surface area (Å²) in [4.78, 5) is 22.7. The van der Waals surface area contributed by atoms with Crippen molar-refractivity contribution in [2.45, 2.75) is 43.4 Å². The van der Waals surface area contributed by atoms with Gasteiger partial charge in [-0.3, -0.25) is 4.90 Å². The highest BCUT2D eigenvalue weighted by Gasteiger charge is 2.24. The summed E-state index contributed by atoms with van der Waals surface area (Å²) >= 11 is 1.15. The van der Waals surface area contributed by atoms with Crippen LogP contribution in [0.3, 0.4) is 0 Å². The Hall–Kier alpha value is -2.73. The first-order valence-electron chi connectivity index (χ1n) is 11.0. The summed E-state index contributed by atoms with van der Waals surface area (Å²) in [6.07, 6.45) is 4.75. The number of carbonyl (C=O) groups excluding carboxylic acids is 1. The van der Waals surface area contributed by atoms with Gasteiger partial charge >= 0.3 is 6.09 Å². The van der Waals surface area contributed by atoms with E-state index >= 15 is 0 Å². The minimum Gasteiger partial charge on any atom is -0.443 e. The molecule has 182 valence electrons. The van der Waals surface area contributed by atoms with E-state index in [1.807, 2.05) is 39.1 Å². The molecule has 3 aromatic heterocycles. The zero-order chi connectivity index (χ0) is 24.5. The molecule has 0 radical (unpaired) electrons. The minimum absolute atomic E-state index is 0.0360. The molecular formula is C23H28N4O5S2. The molecule has 4 heterocycles. The maximum absolute atomic E-state index is 12.5. The van der Waals surface area contributed by atoms with Crippen LogP contribution in [0.5, 0.6) is 0 Å². The molecule has 1 aliphatic heterocycles. The number of pyridine rings is 1. The Morgan fingerprint density at radius 2 is 2.12 bits per heavy atom. The molecule has 3 N–H and O–H groups in total. The van der Waals surface area contributed by atoms with Crippen LogP contribution >= 0.6 is 11.3 Å². The van der Waals surface area contributed by atoms with Crippen LogP contribution < -0.4 is 4.72 Å². The molecule has 9 nitrogen and oxygen atoms in total. The number of rotatable bonds is 6. The number of aliphatic hydroxyl groups is 1. The van der Waals surface area contributed by atoms with Crippen LogP contribution in [0.1, 0.15) is 39.3 Å². The smallest absolute Gasteiger partial charge is 0.414 e. The number of thiophene rings is 1. The van der Waals surface area contributed by atoms with Gasteiger partial charge in [-0.2, -0.15) is 0 Å². The van der Waals surface area contributed by atoms with Gasteiger partial charge < -0.3 is 14.8 Å². The second-order valence-electron chi connectivity index (χ2n) is 8.98. The summed E-state index contributed by atoms with van der Waals surface area (Å²) in [5.41, 5.74) is 2.81. The zero-order valence-corrected chi connectivity index (χ0v) is 20.9. The second kappa shape index (κ2) is 9.49. The highest BCUT2D eigenvalue weighted by molar-refractivity contribution is 7.91. The van der Waals surface area contributed by atoms with Crippen LogP contribution in [-0.4, -0.2) is 59.8 Å². The van der Waals surface area contributed by atoms with Crippen LogP contribution in [0.15, 0.2) is 40.9 Å². The number of sulfonamides is 1. The number of H-pyrrole nitrogens is 1. The van der Waals surface area contributed by atoms with Gasteiger partial charge in [0.15, 0.2) is 0 Å². The van der Waals surface area contributed by atoms with E-state index in [0.717, 1.165) is 51.3 Å². The lowest BCUT2D eigenvalue weighted by Crippen LogP contribution is -2.35. The van der Waals surface area contributed by atoms with E-state index in [-0.39, 0.29) is 23.5 Å². The van der Waals surface area contributed by atoms with Gasteiger partial charge in [-0.1, -0.05) is 0 Å². The van der Waals surface area contributed by atoms with E-state index in [1.54, 1.807) is 23.2 Å². The Morgan fingerprint density at radius 1 is 1.32 bits per heavy atom. The van der Waals surface area contributed by atoms with E-state index < -0.39 is 15.6 Å². The molecule has 0 fully saturated rings. The first-order valence-corrected chi connectivity index (χ1v) is 13.3. The number of nitrogens with zero attached hydrogens (tertiary/aromatic N) is 2. The number of hydrogen-bond acceptors (Lipinski definition) is 7. The molecule has 0 atom stereocenters. The van der Waals surface area contributed by atoms with E-state index in [0.29, 0.717) is 12.2 Å². The van der Waals surface area contributed by atoms with E-state index in [1.165, 1.54) is 0 Å². The van der Waals surface area contributed by atoms with Gasteiger partial charge in [-0.05, 0) is 63.5 Å². The van der Waals surface area contributed by atoms with Crippen LogP contribution in [0.2, 0.25) is 0 Å². The van der Waals surface area contributed by atoms with Crippen molar-refractivity contribution in [1.29, 1.82) is 0 Å². The predicted octanol–water partition coefficient (Wildman–Crippen LogP) is 3.93. The maximum Gasteiger partial charge on any atom is 0.414 e. The molecule has 0 bridgehead atoms. The zero-order valence-electron chi connectivity index (χ0n) is 19.3. The maximum atomic E-state index is 12.5. The molecule has 1 amide bonds. The average molecular weight is 505 g/mol. The molecule has 34 heavy (non-hydrogen) atoms. The van der Waals surface area contributed by atoms with Crippen molar-refractivity contribution in [3.8, 4) is 10.4 Å². The standard InChI is InChI=1S/C23H28N4O5S2/c1-23(2,3)32-22(29)27-11-4-5-15(14-27)18-13-17-16(8-9-24-21(17)26-18)19-6-7-20(33-19)34(30,31)25-10-12-28/h6-9,13-14,25,28H,4-5,10-12H2,1-3H3,(H,24,26). The normalized spacial score (nSPS) is 14.9. The largest absolute Gasteiger partial charge is 0.443 e. The van der Waals surface area contributed by atoms with Crippen LogP contribution in [-0.2, 0) is 14.8 Å². The average Bonchev–Trinajstić information content (AvgIpc) is 3.44. The van der Waals surface area contributed by atoms with Gasteiger partial charge in [0.1, 0.15) is 15.5 Å². The summed E-state index contributed by atoms with van der Waals surface area (Å²) < 4.78 is 32.9. The van der Waals surface area contributed by atoms with Gasteiger partial charge in [0.05, 0.1) is 6.61 Å². The molecule has 11 heteroatoms. The number of fused-ring (bicyclic) bond motifs is 1. The topological polar surface area (TPSA) is 125 Å². The number of aliphatic hydroxyl groups excluding tert-OH is 1. The Bertz CT molecular complexity index is 1330. The first-order chi connectivity index (χ1) is 16.1. The van der Waals surface area contributed by atoms with Gasteiger partial charge in [0.25, 0.3) is 0 Å². The monoisotopic (exact) mass is 504 g/mol.